The van der Waals surface area contributed by atoms with Gasteiger partial charge in [0.1, 0.15) is 12.4 Å². The van der Waals surface area contributed by atoms with Crippen molar-refractivity contribution in [2.75, 3.05) is 26.4 Å². The van der Waals surface area contributed by atoms with Crippen LogP contribution in [0.2, 0.25) is 0 Å². The van der Waals surface area contributed by atoms with Gasteiger partial charge in [0.2, 0.25) is 5.90 Å². The minimum atomic E-state index is -1.09. The number of nitrogens with one attached hydrogen (secondary N) is 2. The van der Waals surface area contributed by atoms with Crippen molar-refractivity contribution in [3.05, 3.63) is 100 Å². The van der Waals surface area contributed by atoms with Crippen LogP contribution >= 0.6 is 15.9 Å². The summed E-state index contributed by atoms with van der Waals surface area (Å²) in [6, 6.07) is 25.3. The predicted octanol–water partition coefficient (Wildman–Crippen LogP) is 3.83. The third kappa shape index (κ3) is 6.94. The van der Waals surface area contributed by atoms with Gasteiger partial charge < -0.3 is 14.6 Å². The molecule has 0 bridgehead atoms. The van der Waals surface area contributed by atoms with Gasteiger partial charge in [0.15, 0.2) is 5.54 Å². The van der Waals surface area contributed by atoms with Crippen LogP contribution in [-0.2, 0) is 22.4 Å². The van der Waals surface area contributed by atoms with E-state index >= 15 is 0 Å². The predicted molar refractivity (Wildman–Crippen MR) is 143 cm³/mol. The highest BCUT2D eigenvalue weighted by Gasteiger charge is 2.44. The Morgan fingerprint density at radius 2 is 1.78 bits per heavy atom. The van der Waals surface area contributed by atoms with Crippen molar-refractivity contribution in [2.45, 2.75) is 24.8 Å². The first-order valence-corrected chi connectivity index (χ1v) is 12.8. The number of amides is 1. The minimum Gasteiger partial charge on any atom is -0.494 e. The molecule has 1 amide bonds. The average molecular weight is 552 g/mol. The quantitative estimate of drug-likeness (QED) is 0.235. The zero-order valence-electron chi connectivity index (χ0n) is 20.0. The lowest BCUT2D eigenvalue weighted by Crippen LogP contribution is -2.53. The Morgan fingerprint density at radius 3 is 2.50 bits per heavy atom. The van der Waals surface area contributed by atoms with Gasteiger partial charge in [-0.15, -0.1) is 0 Å². The first-order chi connectivity index (χ1) is 17.6. The SMILES string of the molecule is O=C(NNCCc1ccc(Br)cc1)[C@]1(Cc2ccccc2)COC(c2ccc(OCCCO)cc2)=N1. The number of rotatable bonds is 12. The number of hydrazine groups is 1. The van der Waals surface area contributed by atoms with Crippen LogP contribution in [0.3, 0.4) is 0 Å². The van der Waals surface area contributed by atoms with E-state index in [1.807, 2.05) is 66.7 Å². The molecule has 0 spiro atoms. The molecule has 188 valence electrons. The maximum absolute atomic E-state index is 13.4. The third-order valence-electron chi connectivity index (χ3n) is 5.85. The van der Waals surface area contributed by atoms with Crippen molar-refractivity contribution in [3.63, 3.8) is 0 Å². The summed E-state index contributed by atoms with van der Waals surface area (Å²) in [4.78, 5) is 18.2. The highest BCUT2D eigenvalue weighted by atomic mass is 79.9. The molecule has 3 aromatic carbocycles. The molecule has 8 heteroatoms. The molecule has 3 aromatic rings. The van der Waals surface area contributed by atoms with Crippen LogP contribution in [0.15, 0.2) is 88.3 Å². The van der Waals surface area contributed by atoms with Crippen LogP contribution in [-0.4, -0.2) is 48.8 Å². The molecular formula is C28H30BrN3O4. The Balaban J connectivity index is 1.44. The van der Waals surface area contributed by atoms with Crippen LogP contribution < -0.4 is 15.6 Å². The van der Waals surface area contributed by atoms with Crippen molar-refractivity contribution in [1.29, 1.82) is 0 Å². The fourth-order valence-corrected chi connectivity index (χ4v) is 4.14. The highest BCUT2D eigenvalue weighted by Crippen LogP contribution is 2.27. The number of aliphatic hydroxyl groups is 1. The number of carbonyl (C=O) groups is 1. The lowest BCUT2D eigenvalue weighted by molar-refractivity contribution is -0.127. The monoisotopic (exact) mass is 551 g/mol. The number of nitrogens with zero attached hydrogens (tertiary/aromatic N) is 1. The number of hydrogen-bond acceptors (Lipinski definition) is 6. The van der Waals surface area contributed by atoms with E-state index in [4.69, 9.17) is 19.6 Å². The number of halogens is 1. The van der Waals surface area contributed by atoms with E-state index in [0.717, 1.165) is 22.0 Å². The lowest BCUT2D eigenvalue weighted by Gasteiger charge is -2.23. The summed E-state index contributed by atoms with van der Waals surface area (Å²) < 4.78 is 12.6. The van der Waals surface area contributed by atoms with Gasteiger partial charge in [0.05, 0.1) is 6.61 Å². The molecule has 1 atom stereocenters. The van der Waals surface area contributed by atoms with E-state index in [2.05, 4.69) is 38.9 Å². The Bertz CT molecular complexity index is 1150. The van der Waals surface area contributed by atoms with Gasteiger partial charge in [0.25, 0.3) is 5.91 Å². The van der Waals surface area contributed by atoms with Crippen LogP contribution in [0, 0.1) is 0 Å². The normalized spacial score (nSPS) is 16.8. The van der Waals surface area contributed by atoms with Crippen LogP contribution in [0.1, 0.15) is 23.1 Å². The topological polar surface area (TPSA) is 92.2 Å². The second kappa shape index (κ2) is 12.7. The molecule has 1 aliphatic rings. The van der Waals surface area contributed by atoms with Gasteiger partial charge in [-0.05, 0) is 53.9 Å². The van der Waals surface area contributed by atoms with Gasteiger partial charge in [-0.3, -0.25) is 10.2 Å². The van der Waals surface area contributed by atoms with Crippen molar-refractivity contribution in [2.24, 2.45) is 4.99 Å². The highest BCUT2D eigenvalue weighted by molar-refractivity contribution is 9.10. The molecule has 0 aromatic heterocycles. The molecule has 0 unspecified atom stereocenters. The summed E-state index contributed by atoms with van der Waals surface area (Å²) in [5, 5.41) is 8.91. The van der Waals surface area contributed by atoms with Gasteiger partial charge in [-0.2, -0.15) is 0 Å². The molecule has 7 nitrogen and oxygen atoms in total. The molecule has 4 rings (SSSR count). The summed E-state index contributed by atoms with van der Waals surface area (Å²) in [5.74, 6) is 0.896. The first-order valence-electron chi connectivity index (χ1n) is 12.0. The van der Waals surface area contributed by atoms with Crippen molar-refractivity contribution >= 4 is 27.7 Å². The summed E-state index contributed by atoms with van der Waals surface area (Å²) >= 11 is 3.44. The van der Waals surface area contributed by atoms with E-state index < -0.39 is 5.54 Å². The largest absolute Gasteiger partial charge is 0.494 e. The zero-order chi connectivity index (χ0) is 25.2. The Morgan fingerprint density at radius 1 is 1.03 bits per heavy atom. The fourth-order valence-electron chi connectivity index (χ4n) is 3.88. The van der Waals surface area contributed by atoms with E-state index in [-0.39, 0.29) is 19.1 Å². The first kappa shape index (κ1) is 25.9. The molecule has 0 saturated heterocycles. The minimum absolute atomic E-state index is 0.0907. The molecule has 0 aliphatic carbocycles. The average Bonchev–Trinajstić information content (AvgIpc) is 3.34. The number of aliphatic hydroxyl groups excluding tert-OH is 1. The van der Waals surface area contributed by atoms with E-state index in [9.17, 15) is 4.79 Å². The third-order valence-corrected chi connectivity index (χ3v) is 6.38. The van der Waals surface area contributed by atoms with Crippen LogP contribution in [0.4, 0.5) is 0 Å². The Labute approximate surface area is 219 Å². The van der Waals surface area contributed by atoms with Crippen molar-refractivity contribution in [1.82, 2.24) is 10.9 Å². The summed E-state index contributed by atoms with van der Waals surface area (Å²) in [5.41, 5.74) is 7.77. The Kier molecular flexibility index (Phi) is 9.11. The number of aliphatic imine (C=N–C) groups is 1. The smallest absolute Gasteiger partial charge is 0.266 e. The van der Waals surface area contributed by atoms with Crippen LogP contribution in [0.25, 0.3) is 0 Å². The van der Waals surface area contributed by atoms with Gasteiger partial charge in [0, 0.05) is 36.0 Å². The summed E-state index contributed by atoms with van der Waals surface area (Å²) in [6.07, 6.45) is 1.77. The van der Waals surface area contributed by atoms with Crippen molar-refractivity contribution < 1.29 is 19.4 Å². The summed E-state index contributed by atoms with van der Waals surface area (Å²) in [7, 11) is 0. The number of hydrogen-bond donors (Lipinski definition) is 3. The number of carbonyl (C=O) groups excluding carboxylic acids is 1. The van der Waals surface area contributed by atoms with Gasteiger partial charge in [-0.1, -0.05) is 58.4 Å². The van der Waals surface area contributed by atoms with E-state index in [1.54, 1.807) is 0 Å². The molecule has 0 saturated carbocycles. The molecule has 0 radical (unpaired) electrons. The second-order valence-electron chi connectivity index (χ2n) is 8.61. The van der Waals surface area contributed by atoms with Crippen molar-refractivity contribution in [3.8, 4) is 5.75 Å². The molecule has 36 heavy (non-hydrogen) atoms. The molecular weight excluding hydrogens is 522 g/mol. The number of benzene rings is 3. The molecule has 1 aliphatic heterocycles. The summed E-state index contributed by atoms with van der Waals surface area (Å²) in [6.45, 7) is 1.27. The molecule has 1 heterocycles. The van der Waals surface area contributed by atoms with Gasteiger partial charge >= 0.3 is 0 Å². The maximum Gasteiger partial charge on any atom is 0.266 e. The second-order valence-corrected chi connectivity index (χ2v) is 9.52. The standard InChI is InChI=1S/C28H30BrN3O4/c29-24-11-7-21(8-12-24)15-16-30-32-27(34)28(19-22-5-2-1-3-6-22)20-36-26(31-28)23-9-13-25(14-10-23)35-18-4-17-33/h1-3,5-14,30,33H,4,15-20H2,(H,32,34)/t28-/m0/s1. The van der Waals surface area contributed by atoms with E-state index in [1.165, 1.54) is 5.56 Å². The fraction of sp³-hybridized carbons (Fsp3) is 0.286. The van der Waals surface area contributed by atoms with E-state index in [0.29, 0.717) is 37.6 Å². The lowest BCUT2D eigenvalue weighted by atomic mass is 9.91. The molecule has 0 fully saturated rings. The number of ether oxygens (including phenoxy) is 2. The van der Waals surface area contributed by atoms with Gasteiger partial charge in [-0.25, -0.2) is 10.4 Å². The van der Waals surface area contributed by atoms with Crippen LogP contribution in [0.5, 0.6) is 5.75 Å². The molecule has 3 N–H and O–H groups in total. The zero-order valence-corrected chi connectivity index (χ0v) is 21.5. The Hall–Kier alpha value is -3.20. The maximum atomic E-state index is 13.4.